The van der Waals surface area contributed by atoms with Crippen molar-refractivity contribution in [2.24, 2.45) is 0 Å². The molecule has 1 aromatic heterocycles. The number of imidazole rings is 1. The molecule has 1 atom stereocenters. The molecule has 0 N–H and O–H groups in total. The average molecular weight is 478 g/mol. The van der Waals surface area contributed by atoms with Crippen molar-refractivity contribution in [1.29, 1.82) is 0 Å². The summed E-state index contributed by atoms with van der Waals surface area (Å²) in [7, 11) is 0. The summed E-state index contributed by atoms with van der Waals surface area (Å²) in [6.45, 7) is 16.5. The first-order chi connectivity index (χ1) is 17.3. The largest absolute Gasteiger partial charge is 0.294 e. The molecule has 1 aliphatic heterocycles. The molecule has 4 aromatic rings. The Bertz CT molecular complexity index is 1340. The average Bonchev–Trinajstić information content (AvgIpc) is 3.34. The van der Waals surface area contributed by atoms with Crippen molar-refractivity contribution in [1.82, 2.24) is 4.57 Å². The van der Waals surface area contributed by atoms with Crippen molar-refractivity contribution in [2.75, 3.05) is 0 Å². The highest BCUT2D eigenvalue weighted by Gasteiger charge is 2.47. The van der Waals surface area contributed by atoms with Crippen LogP contribution in [-0.2, 0) is 5.41 Å². The van der Waals surface area contributed by atoms with E-state index in [2.05, 4.69) is 137 Å². The highest BCUT2D eigenvalue weighted by atomic mass is 15.2. The number of rotatable bonds is 6. The summed E-state index contributed by atoms with van der Waals surface area (Å²) in [5.74, 6) is 2.13. The maximum atomic E-state index is 2.55. The number of hydrogen-bond donors (Lipinski definition) is 0. The van der Waals surface area contributed by atoms with E-state index in [0.717, 1.165) is 12.8 Å². The minimum atomic E-state index is 0.152. The van der Waals surface area contributed by atoms with Crippen molar-refractivity contribution in [3.05, 3.63) is 95.8 Å². The first kappa shape index (κ1) is 24.6. The summed E-state index contributed by atoms with van der Waals surface area (Å²) in [4.78, 5) is 0. The molecule has 0 saturated carbocycles. The van der Waals surface area contributed by atoms with Gasteiger partial charge in [0.25, 0.3) is 5.82 Å². The van der Waals surface area contributed by atoms with Gasteiger partial charge < -0.3 is 0 Å². The molecule has 2 heterocycles. The van der Waals surface area contributed by atoms with Gasteiger partial charge in [0.05, 0.1) is 5.56 Å². The molecular formula is C34H41N2+. The van der Waals surface area contributed by atoms with E-state index in [1.807, 2.05) is 0 Å². The van der Waals surface area contributed by atoms with Crippen LogP contribution in [0.1, 0.15) is 95.9 Å². The van der Waals surface area contributed by atoms with Crippen LogP contribution in [0.15, 0.2) is 79.1 Å². The van der Waals surface area contributed by atoms with E-state index in [9.17, 15) is 0 Å². The summed E-state index contributed by atoms with van der Waals surface area (Å²) in [5.41, 5.74) is 9.80. The van der Waals surface area contributed by atoms with Gasteiger partial charge in [-0.3, -0.25) is 0 Å². The Morgan fingerprint density at radius 1 is 0.806 bits per heavy atom. The lowest BCUT2D eigenvalue weighted by atomic mass is 9.67. The molecule has 3 aromatic carbocycles. The Hall–Kier alpha value is -3.13. The molecular weight excluding hydrogens is 436 g/mol. The molecule has 0 bridgehead atoms. The fraction of sp³-hybridized carbons (Fsp3) is 0.382. The van der Waals surface area contributed by atoms with Gasteiger partial charge in [-0.25, -0.2) is 4.57 Å². The lowest BCUT2D eigenvalue weighted by molar-refractivity contribution is -0.720. The molecule has 186 valence electrons. The lowest BCUT2D eigenvalue weighted by Gasteiger charge is -2.40. The van der Waals surface area contributed by atoms with Crippen molar-refractivity contribution in [3.8, 4) is 28.2 Å². The predicted molar refractivity (Wildman–Crippen MR) is 152 cm³/mol. The first-order valence-corrected chi connectivity index (χ1v) is 13.8. The van der Waals surface area contributed by atoms with E-state index in [1.54, 1.807) is 0 Å². The van der Waals surface area contributed by atoms with E-state index in [0.29, 0.717) is 17.9 Å². The third kappa shape index (κ3) is 3.65. The van der Waals surface area contributed by atoms with Crippen LogP contribution in [-0.4, -0.2) is 4.57 Å². The number of hydrogen-bond acceptors (Lipinski definition) is 0. The third-order valence-electron chi connectivity index (χ3n) is 8.79. The van der Waals surface area contributed by atoms with Gasteiger partial charge in [-0.15, -0.1) is 0 Å². The van der Waals surface area contributed by atoms with Crippen LogP contribution in [0.3, 0.4) is 0 Å². The van der Waals surface area contributed by atoms with Gasteiger partial charge in [-0.05, 0) is 66.5 Å². The Balaban J connectivity index is 1.82. The third-order valence-corrected chi connectivity index (χ3v) is 8.79. The van der Waals surface area contributed by atoms with Gasteiger partial charge in [-0.2, -0.15) is 4.57 Å². The van der Waals surface area contributed by atoms with Gasteiger partial charge in [0.2, 0.25) is 0 Å². The fourth-order valence-electron chi connectivity index (χ4n) is 6.63. The van der Waals surface area contributed by atoms with Gasteiger partial charge in [-0.1, -0.05) is 90.1 Å². The summed E-state index contributed by atoms with van der Waals surface area (Å²) >= 11 is 0. The molecule has 0 radical (unpaired) electrons. The van der Waals surface area contributed by atoms with Crippen LogP contribution >= 0.6 is 0 Å². The predicted octanol–water partition coefficient (Wildman–Crippen LogP) is 8.98. The Kier molecular flexibility index (Phi) is 6.41. The molecule has 1 aliphatic rings. The summed E-state index contributed by atoms with van der Waals surface area (Å²) in [6.07, 6.45) is 6.92. The second-order valence-electron chi connectivity index (χ2n) is 11.2. The normalized spacial score (nSPS) is 16.3. The zero-order chi connectivity index (χ0) is 25.6. The SMILES string of the molecule is CCC1(CC)c2ccccc2-c2n(-c3c(C(C)C)cc(-c4ccccc4)cc3C(C)C)cc[n+]2C1C. The number of benzene rings is 3. The minimum Gasteiger partial charge on any atom is -0.226 e. The second kappa shape index (κ2) is 9.39. The zero-order valence-electron chi connectivity index (χ0n) is 23.0. The molecule has 0 saturated heterocycles. The molecule has 0 aliphatic carbocycles. The zero-order valence-corrected chi connectivity index (χ0v) is 23.0. The van der Waals surface area contributed by atoms with Crippen LogP contribution in [0.25, 0.3) is 28.2 Å². The molecule has 5 rings (SSSR count). The van der Waals surface area contributed by atoms with Crippen molar-refractivity contribution >= 4 is 0 Å². The standard InChI is InChI=1S/C34H41N2/c1-8-34(9-2)25(7)35-19-20-36(33(35)28-17-13-14-18-31(28)34)32-29(23(3)4)21-27(22-30(32)24(5)6)26-15-11-10-12-16-26/h10-25H,8-9H2,1-7H3/q+1. The Morgan fingerprint density at radius 3 is 1.97 bits per heavy atom. The minimum absolute atomic E-state index is 0.152. The smallest absolute Gasteiger partial charge is 0.226 e. The number of nitrogens with zero attached hydrogens (tertiary/aromatic N) is 2. The van der Waals surface area contributed by atoms with E-state index >= 15 is 0 Å². The maximum Gasteiger partial charge on any atom is 0.294 e. The van der Waals surface area contributed by atoms with Gasteiger partial charge in [0.15, 0.2) is 0 Å². The maximum absolute atomic E-state index is 2.55. The van der Waals surface area contributed by atoms with Crippen molar-refractivity contribution in [2.45, 2.75) is 84.6 Å². The Morgan fingerprint density at radius 2 is 1.39 bits per heavy atom. The number of aromatic nitrogens is 2. The molecule has 0 amide bonds. The number of fused-ring (bicyclic) bond motifs is 3. The molecule has 36 heavy (non-hydrogen) atoms. The molecule has 1 unspecified atom stereocenters. The molecule has 2 nitrogen and oxygen atoms in total. The monoisotopic (exact) mass is 477 g/mol. The lowest BCUT2D eigenvalue weighted by Crippen LogP contribution is -2.53. The van der Waals surface area contributed by atoms with E-state index in [1.165, 1.54) is 44.9 Å². The highest BCUT2D eigenvalue weighted by molar-refractivity contribution is 5.72. The van der Waals surface area contributed by atoms with Crippen LogP contribution in [0.4, 0.5) is 0 Å². The van der Waals surface area contributed by atoms with Crippen molar-refractivity contribution < 1.29 is 4.57 Å². The summed E-state index contributed by atoms with van der Waals surface area (Å²) in [5, 5.41) is 0. The fourth-order valence-corrected chi connectivity index (χ4v) is 6.63. The summed E-state index contributed by atoms with van der Waals surface area (Å²) in [6, 6.07) is 25.2. The van der Waals surface area contributed by atoms with Crippen LogP contribution < -0.4 is 4.57 Å². The van der Waals surface area contributed by atoms with Gasteiger partial charge in [0.1, 0.15) is 24.1 Å². The molecule has 0 fully saturated rings. The van der Waals surface area contributed by atoms with Gasteiger partial charge in [0, 0.05) is 16.5 Å². The van der Waals surface area contributed by atoms with E-state index in [4.69, 9.17) is 0 Å². The second-order valence-corrected chi connectivity index (χ2v) is 11.2. The first-order valence-electron chi connectivity index (χ1n) is 13.8. The van der Waals surface area contributed by atoms with Gasteiger partial charge >= 0.3 is 0 Å². The Labute approximate surface area is 217 Å². The summed E-state index contributed by atoms with van der Waals surface area (Å²) < 4.78 is 5.05. The highest BCUT2D eigenvalue weighted by Crippen LogP contribution is 2.48. The molecule has 0 spiro atoms. The van der Waals surface area contributed by atoms with E-state index in [-0.39, 0.29) is 5.41 Å². The quantitative estimate of drug-likeness (QED) is 0.245. The topological polar surface area (TPSA) is 8.81 Å². The van der Waals surface area contributed by atoms with Crippen LogP contribution in [0.2, 0.25) is 0 Å². The van der Waals surface area contributed by atoms with E-state index < -0.39 is 0 Å². The van der Waals surface area contributed by atoms with Crippen LogP contribution in [0, 0.1) is 0 Å². The molecule has 2 heteroatoms. The van der Waals surface area contributed by atoms with Crippen LogP contribution in [0.5, 0.6) is 0 Å². The van der Waals surface area contributed by atoms with Crippen molar-refractivity contribution in [3.63, 3.8) is 0 Å².